The fraction of sp³-hybridized carbons (Fsp3) is 0.222. The van der Waals surface area contributed by atoms with Gasteiger partial charge in [0, 0.05) is 11.9 Å². The van der Waals surface area contributed by atoms with Gasteiger partial charge in [0.25, 0.3) is 0 Å². The van der Waals surface area contributed by atoms with Crippen LogP contribution >= 0.6 is 11.6 Å². The highest BCUT2D eigenvalue weighted by atomic mass is 35.5. The van der Waals surface area contributed by atoms with Crippen molar-refractivity contribution in [3.05, 3.63) is 52.8 Å². The summed E-state index contributed by atoms with van der Waals surface area (Å²) < 4.78 is 10.7. The number of hydrogen-bond acceptors (Lipinski definition) is 5. The average Bonchev–Trinajstić information content (AvgIpc) is 3.03. The van der Waals surface area contributed by atoms with E-state index in [9.17, 15) is 0 Å². The van der Waals surface area contributed by atoms with Crippen molar-refractivity contribution in [1.29, 1.82) is 0 Å². The molecular formula is C18H16ClN3O2. The molecule has 0 amide bonds. The van der Waals surface area contributed by atoms with Crippen LogP contribution in [-0.2, 0) is 6.42 Å². The number of nitrogens with zero attached hydrogens (tertiary/aromatic N) is 2. The zero-order valence-electron chi connectivity index (χ0n) is 13.2. The largest absolute Gasteiger partial charge is 0.454 e. The lowest BCUT2D eigenvalue weighted by atomic mass is 10.1. The number of ether oxygens (including phenoxy) is 2. The lowest BCUT2D eigenvalue weighted by Crippen LogP contribution is -2.07. The summed E-state index contributed by atoms with van der Waals surface area (Å²) in [6.07, 6.45) is 0.839. The predicted octanol–water partition coefficient (Wildman–Crippen LogP) is 3.97. The molecule has 2 heterocycles. The van der Waals surface area contributed by atoms with E-state index >= 15 is 0 Å². The molecule has 122 valence electrons. The van der Waals surface area contributed by atoms with Gasteiger partial charge >= 0.3 is 0 Å². The zero-order valence-corrected chi connectivity index (χ0v) is 13.9. The van der Waals surface area contributed by atoms with Gasteiger partial charge in [-0.15, -0.1) is 0 Å². The Kier molecular flexibility index (Phi) is 3.86. The van der Waals surface area contributed by atoms with Crippen LogP contribution in [0.2, 0.25) is 5.28 Å². The Bertz CT molecular complexity index is 914. The van der Waals surface area contributed by atoms with Crippen LogP contribution in [-0.4, -0.2) is 23.3 Å². The topological polar surface area (TPSA) is 56.3 Å². The highest BCUT2D eigenvalue weighted by Crippen LogP contribution is 2.32. The van der Waals surface area contributed by atoms with Crippen molar-refractivity contribution >= 4 is 28.3 Å². The first kappa shape index (κ1) is 15.0. The Balaban J connectivity index is 1.51. The number of nitrogens with one attached hydrogen (secondary N) is 1. The number of anilines is 1. The van der Waals surface area contributed by atoms with Crippen LogP contribution in [0.25, 0.3) is 10.9 Å². The monoisotopic (exact) mass is 341 g/mol. The molecule has 1 aromatic heterocycles. The van der Waals surface area contributed by atoms with Gasteiger partial charge < -0.3 is 14.8 Å². The standard InChI is InChI=1S/C18H16ClN3O2/c1-11-2-4-14-13(8-11)17(22-18(19)21-14)20-7-6-12-3-5-15-16(9-12)24-10-23-15/h2-5,8-9H,6-7,10H2,1H3,(H,20,21,22). The summed E-state index contributed by atoms with van der Waals surface area (Å²) in [5.41, 5.74) is 3.17. The highest BCUT2D eigenvalue weighted by Gasteiger charge is 2.13. The maximum atomic E-state index is 6.03. The second-order valence-electron chi connectivity index (χ2n) is 5.73. The molecule has 1 N–H and O–H groups in total. The molecule has 5 nitrogen and oxygen atoms in total. The number of aromatic nitrogens is 2. The molecular weight excluding hydrogens is 326 g/mol. The van der Waals surface area contributed by atoms with Gasteiger partial charge in [0.1, 0.15) is 5.82 Å². The molecule has 0 aliphatic carbocycles. The summed E-state index contributed by atoms with van der Waals surface area (Å²) in [5.74, 6) is 2.36. The average molecular weight is 342 g/mol. The van der Waals surface area contributed by atoms with Gasteiger partial charge in [-0.1, -0.05) is 17.7 Å². The first-order chi connectivity index (χ1) is 11.7. The fourth-order valence-electron chi connectivity index (χ4n) is 2.77. The molecule has 1 aliphatic heterocycles. The van der Waals surface area contributed by atoms with Gasteiger partial charge in [0.2, 0.25) is 12.1 Å². The van der Waals surface area contributed by atoms with Gasteiger partial charge in [-0.3, -0.25) is 0 Å². The maximum absolute atomic E-state index is 6.03. The molecule has 3 aromatic rings. The molecule has 0 bridgehead atoms. The minimum Gasteiger partial charge on any atom is -0.454 e. The van der Waals surface area contributed by atoms with E-state index in [0.29, 0.717) is 6.79 Å². The molecule has 0 spiro atoms. The Morgan fingerprint density at radius 3 is 2.88 bits per heavy atom. The van der Waals surface area contributed by atoms with Crippen LogP contribution in [0.15, 0.2) is 36.4 Å². The second-order valence-corrected chi connectivity index (χ2v) is 6.06. The number of aryl methyl sites for hydroxylation is 1. The van der Waals surface area contributed by atoms with E-state index in [-0.39, 0.29) is 5.28 Å². The van der Waals surface area contributed by atoms with Crippen molar-refractivity contribution in [3.8, 4) is 11.5 Å². The molecule has 0 saturated carbocycles. The van der Waals surface area contributed by atoms with Crippen molar-refractivity contribution in [3.63, 3.8) is 0 Å². The zero-order chi connectivity index (χ0) is 16.5. The maximum Gasteiger partial charge on any atom is 0.231 e. The summed E-state index contributed by atoms with van der Waals surface area (Å²) >= 11 is 6.03. The van der Waals surface area contributed by atoms with Crippen molar-refractivity contribution in [2.75, 3.05) is 18.7 Å². The molecule has 0 fully saturated rings. The number of rotatable bonds is 4. The second kappa shape index (κ2) is 6.17. The van der Waals surface area contributed by atoms with Gasteiger partial charge in [0.05, 0.1) is 5.52 Å². The number of hydrogen-bond donors (Lipinski definition) is 1. The van der Waals surface area contributed by atoms with Crippen molar-refractivity contribution < 1.29 is 9.47 Å². The normalized spacial score (nSPS) is 12.6. The summed E-state index contributed by atoms with van der Waals surface area (Å²) in [6, 6.07) is 12.0. The van der Waals surface area contributed by atoms with E-state index in [1.165, 1.54) is 5.56 Å². The minimum absolute atomic E-state index is 0.247. The highest BCUT2D eigenvalue weighted by molar-refractivity contribution is 6.28. The summed E-state index contributed by atoms with van der Waals surface area (Å²) in [4.78, 5) is 8.60. The molecule has 6 heteroatoms. The molecule has 0 radical (unpaired) electrons. The Morgan fingerprint density at radius 1 is 1.08 bits per heavy atom. The SMILES string of the molecule is Cc1ccc2nc(Cl)nc(NCCc3ccc4c(c3)OCO4)c2c1. The van der Waals surface area contributed by atoms with Crippen LogP contribution in [0.3, 0.4) is 0 Å². The number of fused-ring (bicyclic) bond motifs is 2. The Labute approximate surface area is 144 Å². The summed E-state index contributed by atoms with van der Waals surface area (Å²) in [6.45, 7) is 3.07. The van der Waals surface area contributed by atoms with Crippen LogP contribution in [0, 0.1) is 6.92 Å². The summed E-state index contributed by atoms with van der Waals surface area (Å²) in [5, 5.41) is 4.59. The smallest absolute Gasteiger partial charge is 0.231 e. The first-order valence-corrected chi connectivity index (χ1v) is 8.13. The molecule has 0 atom stereocenters. The van der Waals surface area contributed by atoms with Crippen LogP contribution in [0.1, 0.15) is 11.1 Å². The van der Waals surface area contributed by atoms with Crippen LogP contribution < -0.4 is 14.8 Å². The molecule has 0 unspecified atom stereocenters. The quantitative estimate of drug-likeness (QED) is 0.727. The minimum atomic E-state index is 0.247. The number of benzene rings is 2. The van der Waals surface area contributed by atoms with E-state index in [0.717, 1.165) is 46.7 Å². The van der Waals surface area contributed by atoms with E-state index in [2.05, 4.69) is 21.4 Å². The number of halogens is 1. The van der Waals surface area contributed by atoms with Gasteiger partial charge in [0.15, 0.2) is 11.5 Å². The predicted molar refractivity (Wildman–Crippen MR) is 94.0 cm³/mol. The van der Waals surface area contributed by atoms with Gasteiger partial charge in [-0.2, -0.15) is 0 Å². The van der Waals surface area contributed by atoms with Crippen molar-refractivity contribution in [1.82, 2.24) is 9.97 Å². The van der Waals surface area contributed by atoms with Crippen LogP contribution in [0.4, 0.5) is 5.82 Å². The third kappa shape index (κ3) is 2.95. The van der Waals surface area contributed by atoms with E-state index in [1.807, 2.05) is 37.3 Å². The van der Waals surface area contributed by atoms with Crippen molar-refractivity contribution in [2.45, 2.75) is 13.3 Å². The lowest BCUT2D eigenvalue weighted by molar-refractivity contribution is 0.174. The molecule has 2 aromatic carbocycles. The summed E-state index contributed by atoms with van der Waals surface area (Å²) in [7, 11) is 0. The molecule has 0 saturated heterocycles. The molecule has 4 rings (SSSR count). The Hall–Kier alpha value is -2.53. The Morgan fingerprint density at radius 2 is 1.96 bits per heavy atom. The fourth-order valence-corrected chi connectivity index (χ4v) is 2.95. The van der Waals surface area contributed by atoms with Crippen LogP contribution in [0.5, 0.6) is 11.5 Å². The third-order valence-corrected chi connectivity index (χ3v) is 4.14. The van der Waals surface area contributed by atoms with Gasteiger partial charge in [-0.05, 0) is 54.8 Å². The third-order valence-electron chi connectivity index (χ3n) is 3.97. The van der Waals surface area contributed by atoms with E-state index in [4.69, 9.17) is 21.1 Å². The molecule has 24 heavy (non-hydrogen) atoms. The van der Waals surface area contributed by atoms with Crippen molar-refractivity contribution in [2.24, 2.45) is 0 Å². The van der Waals surface area contributed by atoms with E-state index < -0.39 is 0 Å². The molecule has 1 aliphatic rings. The first-order valence-electron chi connectivity index (χ1n) is 7.75. The van der Waals surface area contributed by atoms with Gasteiger partial charge in [-0.25, -0.2) is 9.97 Å². The lowest BCUT2D eigenvalue weighted by Gasteiger charge is -2.10. The van der Waals surface area contributed by atoms with E-state index in [1.54, 1.807) is 0 Å².